The van der Waals surface area contributed by atoms with Crippen molar-refractivity contribution in [2.24, 2.45) is 5.73 Å². The molecule has 114 valence electrons. The van der Waals surface area contributed by atoms with Crippen molar-refractivity contribution in [2.45, 2.75) is 6.61 Å². The molecule has 0 radical (unpaired) electrons. The Labute approximate surface area is 137 Å². The molecule has 0 atom stereocenters. The summed E-state index contributed by atoms with van der Waals surface area (Å²) in [7, 11) is 0. The molecule has 3 N–H and O–H groups in total. The highest BCUT2D eigenvalue weighted by atomic mass is 35.5. The van der Waals surface area contributed by atoms with Crippen LogP contribution < -0.4 is 15.8 Å². The number of carbonyl (C=O) groups excluding carboxylic acids is 1. The Morgan fingerprint density at radius 1 is 1.27 bits per heavy atom. The summed E-state index contributed by atoms with van der Waals surface area (Å²) in [6.45, 7) is -0.00998. The van der Waals surface area contributed by atoms with E-state index in [9.17, 15) is 9.18 Å². The second-order valence-electron chi connectivity index (χ2n) is 4.33. The minimum Gasteiger partial charge on any atom is -0.489 e. The van der Waals surface area contributed by atoms with E-state index in [1.54, 1.807) is 30.3 Å². The molecule has 0 fully saturated rings. The third-order valence-electron chi connectivity index (χ3n) is 2.80. The highest BCUT2D eigenvalue weighted by Gasteiger charge is 2.09. The molecule has 4 nitrogen and oxygen atoms in total. The third-order valence-corrected chi connectivity index (χ3v) is 3.25. The Morgan fingerprint density at radius 2 is 1.95 bits per heavy atom. The number of carbonyl (C=O) groups is 1. The molecular weight excluding hydrogens is 327 g/mol. The number of hydrogen-bond donors (Lipinski definition) is 2. The van der Waals surface area contributed by atoms with Gasteiger partial charge in [0.2, 0.25) is 0 Å². The zero-order chi connectivity index (χ0) is 16.1. The average Bonchev–Trinajstić information content (AvgIpc) is 2.46. The summed E-state index contributed by atoms with van der Waals surface area (Å²) in [6.07, 6.45) is 0. The molecule has 0 aliphatic carbocycles. The molecule has 0 saturated carbocycles. The van der Waals surface area contributed by atoms with Crippen molar-refractivity contribution in [3.05, 3.63) is 64.4 Å². The van der Waals surface area contributed by atoms with Gasteiger partial charge in [-0.05, 0) is 48.6 Å². The van der Waals surface area contributed by atoms with Gasteiger partial charge in [-0.25, -0.2) is 4.39 Å². The number of benzene rings is 2. The highest BCUT2D eigenvalue weighted by Crippen LogP contribution is 2.21. The first kappa shape index (κ1) is 16.2. The molecule has 2 aromatic carbocycles. The predicted octanol–water partition coefficient (Wildman–Crippen LogP) is 3.03. The van der Waals surface area contributed by atoms with Crippen molar-refractivity contribution in [3.8, 4) is 5.75 Å². The topological polar surface area (TPSA) is 64.3 Å². The van der Waals surface area contributed by atoms with Crippen molar-refractivity contribution in [1.82, 2.24) is 5.32 Å². The lowest BCUT2D eigenvalue weighted by molar-refractivity contribution is 0.0977. The molecule has 22 heavy (non-hydrogen) atoms. The van der Waals surface area contributed by atoms with E-state index in [2.05, 4.69) is 17.5 Å². The smallest absolute Gasteiger partial charge is 0.257 e. The van der Waals surface area contributed by atoms with Crippen molar-refractivity contribution >= 4 is 34.8 Å². The van der Waals surface area contributed by atoms with Crippen LogP contribution in [-0.4, -0.2) is 11.0 Å². The van der Waals surface area contributed by atoms with Crippen LogP contribution >= 0.6 is 23.8 Å². The highest BCUT2D eigenvalue weighted by molar-refractivity contribution is 7.80. The van der Waals surface area contributed by atoms with E-state index < -0.39 is 11.7 Å². The number of thiocarbonyl (C=S) groups is 1. The summed E-state index contributed by atoms with van der Waals surface area (Å²) >= 11 is 10.5. The lowest BCUT2D eigenvalue weighted by atomic mass is 10.2. The van der Waals surface area contributed by atoms with Crippen molar-refractivity contribution in [1.29, 1.82) is 0 Å². The fourth-order valence-electron chi connectivity index (χ4n) is 1.71. The molecule has 0 aliphatic heterocycles. The van der Waals surface area contributed by atoms with E-state index in [0.29, 0.717) is 16.3 Å². The minimum absolute atomic E-state index is 0.00998. The summed E-state index contributed by atoms with van der Waals surface area (Å²) in [6, 6.07) is 10.7. The number of halogens is 2. The van der Waals surface area contributed by atoms with Gasteiger partial charge in [0.15, 0.2) is 5.11 Å². The minimum atomic E-state index is -0.431. The van der Waals surface area contributed by atoms with Gasteiger partial charge < -0.3 is 10.5 Å². The molecule has 0 aromatic heterocycles. The van der Waals surface area contributed by atoms with Crippen molar-refractivity contribution in [3.63, 3.8) is 0 Å². The first-order valence-corrected chi connectivity index (χ1v) is 7.02. The Hall–Kier alpha value is -2.18. The fraction of sp³-hybridized carbons (Fsp3) is 0.0667. The number of hydrogen-bond acceptors (Lipinski definition) is 3. The molecular formula is C15H12ClFN2O2S. The predicted molar refractivity (Wildman–Crippen MR) is 86.4 cm³/mol. The largest absolute Gasteiger partial charge is 0.489 e. The van der Waals surface area contributed by atoms with Crippen LogP contribution in [0, 0.1) is 5.82 Å². The van der Waals surface area contributed by atoms with Crippen LogP contribution in [0.2, 0.25) is 5.02 Å². The van der Waals surface area contributed by atoms with E-state index in [-0.39, 0.29) is 17.3 Å². The summed E-state index contributed by atoms with van der Waals surface area (Å²) in [5.74, 6) is -0.359. The maximum Gasteiger partial charge on any atom is 0.257 e. The van der Waals surface area contributed by atoms with Crippen LogP contribution in [0.4, 0.5) is 4.39 Å². The molecule has 0 spiro atoms. The van der Waals surface area contributed by atoms with Crippen molar-refractivity contribution < 1.29 is 13.9 Å². The quantitative estimate of drug-likeness (QED) is 0.841. The first-order chi connectivity index (χ1) is 10.5. The van der Waals surface area contributed by atoms with E-state index in [1.165, 1.54) is 12.1 Å². The zero-order valence-electron chi connectivity index (χ0n) is 11.3. The second kappa shape index (κ2) is 7.20. The fourth-order valence-corrected chi connectivity index (χ4v) is 2.02. The van der Waals surface area contributed by atoms with E-state index in [4.69, 9.17) is 22.1 Å². The molecule has 1 amide bonds. The first-order valence-electron chi connectivity index (χ1n) is 6.24. The normalized spacial score (nSPS) is 10.1. The number of ether oxygens (including phenoxy) is 1. The van der Waals surface area contributed by atoms with Crippen LogP contribution in [-0.2, 0) is 6.61 Å². The lowest BCUT2D eigenvalue weighted by Crippen LogP contribution is -2.34. The van der Waals surface area contributed by atoms with Gasteiger partial charge in [-0.1, -0.05) is 17.7 Å². The van der Waals surface area contributed by atoms with E-state index in [0.717, 1.165) is 0 Å². The monoisotopic (exact) mass is 338 g/mol. The van der Waals surface area contributed by atoms with Gasteiger partial charge in [0.1, 0.15) is 18.2 Å². The van der Waals surface area contributed by atoms with Crippen LogP contribution in [0.5, 0.6) is 5.75 Å². The summed E-state index contributed by atoms with van der Waals surface area (Å²) in [5, 5.41) is 2.51. The molecule has 0 saturated heterocycles. The molecule has 0 bridgehead atoms. The maximum atomic E-state index is 13.6. The molecule has 0 aliphatic rings. The molecule has 0 unspecified atom stereocenters. The number of rotatable bonds is 4. The molecule has 2 rings (SSSR count). The molecule has 0 heterocycles. The van der Waals surface area contributed by atoms with Crippen LogP contribution in [0.1, 0.15) is 15.9 Å². The third kappa shape index (κ3) is 4.16. The van der Waals surface area contributed by atoms with Gasteiger partial charge in [0, 0.05) is 11.1 Å². The van der Waals surface area contributed by atoms with Gasteiger partial charge in [-0.3, -0.25) is 10.1 Å². The van der Waals surface area contributed by atoms with Gasteiger partial charge in [0.05, 0.1) is 5.02 Å². The van der Waals surface area contributed by atoms with Gasteiger partial charge in [0.25, 0.3) is 5.91 Å². The Balaban J connectivity index is 2.03. The Morgan fingerprint density at radius 3 is 2.55 bits per heavy atom. The lowest BCUT2D eigenvalue weighted by Gasteiger charge is -2.09. The molecule has 7 heteroatoms. The second-order valence-corrected chi connectivity index (χ2v) is 5.18. The van der Waals surface area contributed by atoms with Crippen LogP contribution in [0.15, 0.2) is 42.5 Å². The summed E-state index contributed by atoms with van der Waals surface area (Å²) in [4.78, 5) is 11.6. The number of amides is 1. The maximum absolute atomic E-state index is 13.6. The van der Waals surface area contributed by atoms with Gasteiger partial charge >= 0.3 is 0 Å². The van der Waals surface area contributed by atoms with Crippen molar-refractivity contribution in [2.75, 3.05) is 0 Å². The van der Waals surface area contributed by atoms with Gasteiger partial charge in [-0.2, -0.15) is 0 Å². The zero-order valence-corrected chi connectivity index (χ0v) is 12.9. The number of nitrogens with two attached hydrogens (primary N) is 1. The SMILES string of the molecule is NC(=S)NC(=O)c1ccc(OCc2c(F)cccc2Cl)cc1. The summed E-state index contributed by atoms with van der Waals surface area (Å²) in [5.41, 5.74) is 5.88. The Kier molecular flexibility index (Phi) is 5.30. The van der Waals surface area contributed by atoms with Crippen LogP contribution in [0.25, 0.3) is 0 Å². The van der Waals surface area contributed by atoms with E-state index >= 15 is 0 Å². The molecule has 2 aromatic rings. The van der Waals surface area contributed by atoms with E-state index in [1.807, 2.05) is 0 Å². The Bertz CT molecular complexity index is 687. The standard InChI is InChI=1S/C15H12ClFN2O2S/c16-12-2-1-3-13(17)11(12)8-21-10-6-4-9(5-7-10)14(20)19-15(18)22/h1-7H,8H2,(H3,18,19,20,22). The summed E-state index contributed by atoms with van der Waals surface area (Å²) < 4.78 is 19.1. The van der Waals surface area contributed by atoms with Crippen LogP contribution in [0.3, 0.4) is 0 Å². The average molecular weight is 339 g/mol. The van der Waals surface area contributed by atoms with Gasteiger partial charge in [-0.15, -0.1) is 0 Å². The number of nitrogens with one attached hydrogen (secondary N) is 1.